The highest BCUT2D eigenvalue weighted by atomic mass is 79.9. The number of aromatic nitrogens is 2. The van der Waals surface area contributed by atoms with Crippen molar-refractivity contribution in [1.29, 1.82) is 0 Å². The molecule has 0 aliphatic carbocycles. The lowest BCUT2D eigenvalue weighted by Gasteiger charge is -2.03. The number of rotatable bonds is 3. The first-order valence-corrected chi connectivity index (χ1v) is 8.84. The van der Waals surface area contributed by atoms with E-state index >= 15 is 0 Å². The summed E-state index contributed by atoms with van der Waals surface area (Å²) < 4.78 is 26.4. The second-order valence-electron chi connectivity index (χ2n) is 5.60. The number of aryl methyl sites for hydroxylation is 1. The molecule has 0 radical (unpaired) electrons. The van der Waals surface area contributed by atoms with Crippen LogP contribution in [0.4, 0.5) is 4.39 Å². The molecule has 0 fully saturated rings. The predicted octanol–water partition coefficient (Wildman–Crippen LogP) is 6.53. The van der Waals surface area contributed by atoms with Crippen molar-refractivity contribution in [2.45, 2.75) is 6.92 Å². The van der Waals surface area contributed by atoms with E-state index in [0.717, 1.165) is 10.0 Å². The van der Waals surface area contributed by atoms with Gasteiger partial charge in [-0.3, -0.25) is 0 Å². The number of hydrogen-bond acceptors (Lipinski definition) is 4. The topological polar surface area (TPSA) is 52.1 Å². The van der Waals surface area contributed by atoms with Gasteiger partial charge in [0.2, 0.25) is 5.89 Å². The lowest BCUT2D eigenvalue weighted by Crippen LogP contribution is -1.89. The zero-order chi connectivity index (χ0) is 18.3. The maximum atomic E-state index is 14.3. The molecule has 0 bridgehead atoms. The molecule has 0 spiro atoms. The van der Waals surface area contributed by atoms with Gasteiger partial charge in [-0.1, -0.05) is 50.9 Å². The van der Waals surface area contributed by atoms with Crippen LogP contribution in [0.3, 0.4) is 0 Å². The molecule has 0 aliphatic rings. The third kappa shape index (κ3) is 2.95. The zero-order valence-electron chi connectivity index (χ0n) is 13.5. The minimum Gasteiger partial charge on any atom is -0.436 e. The Bertz CT molecular complexity index is 1070. The molecule has 130 valence electrons. The Kier molecular flexibility index (Phi) is 4.38. The van der Waals surface area contributed by atoms with E-state index in [1.807, 2.05) is 24.3 Å². The van der Waals surface area contributed by atoms with Crippen LogP contribution in [0.15, 0.2) is 62.1 Å². The summed E-state index contributed by atoms with van der Waals surface area (Å²) in [5.41, 5.74) is 1.76. The van der Waals surface area contributed by atoms with Gasteiger partial charge < -0.3 is 8.94 Å². The van der Waals surface area contributed by atoms with Crippen molar-refractivity contribution in [2.75, 3.05) is 0 Å². The fraction of sp³-hybridized carbons (Fsp3) is 0.0526. The van der Waals surface area contributed by atoms with Crippen LogP contribution in [-0.4, -0.2) is 10.1 Å². The molecular weight excluding hydrogens is 423 g/mol. The fourth-order valence-corrected chi connectivity index (χ4v) is 3.17. The average molecular weight is 434 g/mol. The molecule has 0 saturated carbocycles. The molecule has 0 unspecified atom stereocenters. The molecule has 4 aromatic rings. The van der Waals surface area contributed by atoms with Gasteiger partial charge in [-0.2, -0.15) is 0 Å². The smallest absolute Gasteiger partial charge is 0.232 e. The van der Waals surface area contributed by atoms with Crippen molar-refractivity contribution in [3.8, 4) is 34.0 Å². The average Bonchev–Trinajstić information content (AvgIpc) is 3.22. The SMILES string of the molecule is Cc1onc(-c2c(F)cccc2Cl)c1-c1ncc(-c2ccc(Br)cc2)o1. The number of halogens is 3. The highest BCUT2D eigenvalue weighted by Crippen LogP contribution is 2.39. The van der Waals surface area contributed by atoms with Gasteiger partial charge in [0.25, 0.3) is 0 Å². The van der Waals surface area contributed by atoms with Crippen LogP contribution in [0.5, 0.6) is 0 Å². The number of oxazole rings is 1. The van der Waals surface area contributed by atoms with E-state index in [1.54, 1.807) is 19.2 Å². The lowest BCUT2D eigenvalue weighted by atomic mass is 10.1. The van der Waals surface area contributed by atoms with Gasteiger partial charge in [0.05, 0.1) is 16.8 Å². The summed E-state index contributed by atoms with van der Waals surface area (Å²) in [7, 11) is 0. The minimum atomic E-state index is -0.494. The molecule has 0 atom stereocenters. The van der Waals surface area contributed by atoms with Crippen molar-refractivity contribution in [2.24, 2.45) is 0 Å². The molecule has 7 heteroatoms. The van der Waals surface area contributed by atoms with Crippen LogP contribution in [-0.2, 0) is 0 Å². The molecule has 4 rings (SSSR count). The zero-order valence-corrected chi connectivity index (χ0v) is 15.8. The molecule has 0 amide bonds. The Hall–Kier alpha value is -2.44. The summed E-state index contributed by atoms with van der Waals surface area (Å²) in [6.45, 7) is 1.71. The van der Waals surface area contributed by atoms with Gasteiger partial charge in [0.15, 0.2) is 5.76 Å². The molecule has 0 N–H and O–H groups in total. The second kappa shape index (κ2) is 6.70. The molecule has 0 saturated heterocycles. The maximum absolute atomic E-state index is 14.3. The van der Waals surface area contributed by atoms with E-state index in [-0.39, 0.29) is 22.2 Å². The highest BCUT2D eigenvalue weighted by Gasteiger charge is 2.25. The van der Waals surface area contributed by atoms with Crippen LogP contribution in [0.2, 0.25) is 5.02 Å². The fourth-order valence-electron chi connectivity index (χ4n) is 2.66. The van der Waals surface area contributed by atoms with Crippen molar-refractivity contribution < 1.29 is 13.3 Å². The molecule has 2 aromatic carbocycles. The number of nitrogens with zero attached hydrogens (tertiary/aromatic N) is 2. The monoisotopic (exact) mass is 432 g/mol. The Morgan fingerprint density at radius 1 is 1.08 bits per heavy atom. The first-order chi connectivity index (χ1) is 12.5. The van der Waals surface area contributed by atoms with E-state index in [4.69, 9.17) is 20.5 Å². The molecular formula is C19H11BrClFN2O2. The lowest BCUT2D eigenvalue weighted by molar-refractivity contribution is 0.399. The normalized spacial score (nSPS) is 11.1. The van der Waals surface area contributed by atoms with Crippen LogP contribution in [0.25, 0.3) is 34.0 Å². The second-order valence-corrected chi connectivity index (χ2v) is 6.92. The first-order valence-electron chi connectivity index (χ1n) is 7.67. The Morgan fingerprint density at radius 2 is 1.85 bits per heavy atom. The third-order valence-corrected chi connectivity index (χ3v) is 4.75. The van der Waals surface area contributed by atoms with E-state index in [1.165, 1.54) is 12.1 Å². The summed E-state index contributed by atoms with van der Waals surface area (Å²) >= 11 is 9.57. The Labute approximate surface area is 161 Å². The van der Waals surface area contributed by atoms with Gasteiger partial charge in [0.1, 0.15) is 22.8 Å². The van der Waals surface area contributed by atoms with Gasteiger partial charge in [-0.15, -0.1) is 0 Å². The molecule has 2 heterocycles. The predicted molar refractivity (Wildman–Crippen MR) is 100 cm³/mol. The minimum absolute atomic E-state index is 0.157. The molecule has 2 aromatic heterocycles. The first kappa shape index (κ1) is 17.0. The summed E-state index contributed by atoms with van der Waals surface area (Å²) in [6.07, 6.45) is 1.61. The van der Waals surface area contributed by atoms with E-state index in [9.17, 15) is 4.39 Å². The third-order valence-electron chi connectivity index (χ3n) is 3.91. The summed E-state index contributed by atoms with van der Waals surface area (Å²) in [4.78, 5) is 4.32. The molecule has 0 aliphatic heterocycles. The van der Waals surface area contributed by atoms with Crippen molar-refractivity contribution in [3.63, 3.8) is 0 Å². The number of benzene rings is 2. The standard InChI is InChI=1S/C19H11BrClFN2O2/c1-10-16(18(24-26-10)17-13(21)3-2-4-14(17)22)19-23-9-15(25-19)11-5-7-12(20)8-6-11/h2-9H,1H3. The van der Waals surface area contributed by atoms with Crippen LogP contribution >= 0.6 is 27.5 Å². The van der Waals surface area contributed by atoms with Gasteiger partial charge in [-0.05, 0) is 31.2 Å². The summed E-state index contributed by atoms with van der Waals surface area (Å²) in [5, 5.41) is 4.21. The van der Waals surface area contributed by atoms with E-state index in [0.29, 0.717) is 17.1 Å². The van der Waals surface area contributed by atoms with Crippen LogP contribution in [0, 0.1) is 12.7 Å². The number of hydrogen-bond donors (Lipinski definition) is 0. The quantitative estimate of drug-likeness (QED) is 0.369. The highest BCUT2D eigenvalue weighted by molar-refractivity contribution is 9.10. The Balaban J connectivity index is 1.83. The summed E-state index contributed by atoms with van der Waals surface area (Å²) in [5.74, 6) is 0.838. The van der Waals surface area contributed by atoms with Crippen molar-refractivity contribution >= 4 is 27.5 Å². The largest absolute Gasteiger partial charge is 0.436 e. The van der Waals surface area contributed by atoms with Crippen LogP contribution < -0.4 is 0 Å². The Morgan fingerprint density at radius 3 is 2.58 bits per heavy atom. The molecule has 26 heavy (non-hydrogen) atoms. The van der Waals surface area contributed by atoms with Crippen molar-refractivity contribution in [3.05, 3.63) is 69.7 Å². The maximum Gasteiger partial charge on any atom is 0.232 e. The molecule has 4 nitrogen and oxygen atoms in total. The van der Waals surface area contributed by atoms with Crippen molar-refractivity contribution in [1.82, 2.24) is 10.1 Å². The van der Waals surface area contributed by atoms with E-state index in [2.05, 4.69) is 26.1 Å². The van der Waals surface area contributed by atoms with Gasteiger partial charge in [0, 0.05) is 10.0 Å². The van der Waals surface area contributed by atoms with Gasteiger partial charge >= 0.3 is 0 Å². The van der Waals surface area contributed by atoms with Crippen LogP contribution in [0.1, 0.15) is 5.76 Å². The summed E-state index contributed by atoms with van der Waals surface area (Å²) in [6, 6.07) is 12.1. The van der Waals surface area contributed by atoms with Gasteiger partial charge in [-0.25, -0.2) is 9.37 Å². The van der Waals surface area contributed by atoms with E-state index < -0.39 is 5.82 Å².